The van der Waals surface area contributed by atoms with E-state index in [2.05, 4.69) is 5.32 Å². The maximum atomic E-state index is 12.1. The Morgan fingerprint density at radius 2 is 2.00 bits per heavy atom. The van der Waals surface area contributed by atoms with Crippen LogP contribution in [0.15, 0.2) is 23.1 Å². The Balaban J connectivity index is 3.06. The van der Waals surface area contributed by atoms with Crippen LogP contribution in [0.5, 0.6) is 0 Å². The molecule has 10 heteroatoms. The van der Waals surface area contributed by atoms with E-state index in [1.807, 2.05) is 0 Å². The lowest BCUT2D eigenvalue weighted by Crippen LogP contribution is -2.27. The first-order valence-electron chi connectivity index (χ1n) is 5.23. The minimum atomic E-state index is -4.08. The lowest BCUT2D eigenvalue weighted by Gasteiger charge is -2.14. The molecule has 0 fully saturated rings. The Labute approximate surface area is 113 Å². The molecule has 112 valence electrons. The molecule has 0 spiro atoms. The maximum Gasteiger partial charge on any atom is 0.337 e. The van der Waals surface area contributed by atoms with Gasteiger partial charge in [0, 0.05) is 12.2 Å². The molecule has 1 unspecified atom stereocenters. The largest absolute Gasteiger partial charge is 0.478 e. The van der Waals surface area contributed by atoms with E-state index in [1.54, 1.807) is 0 Å². The molecule has 1 atom stereocenters. The predicted octanol–water partition coefficient (Wildman–Crippen LogP) is 0.0701. The number of rotatable bonds is 6. The maximum absolute atomic E-state index is 12.1. The third-order valence-electron chi connectivity index (χ3n) is 2.34. The van der Waals surface area contributed by atoms with Crippen molar-refractivity contribution >= 4 is 21.7 Å². The fraction of sp³-hybridized carbons (Fsp3) is 0.300. The van der Waals surface area contributed by atoms with Gasteiger partial charge in [-0.05, 0) is 18.2 Å². The summed E-state index contributed by atoms with van der Waals surface area (Å²) >= 11 is 0. The number of hydrogen-bond donors (Lipinski definition) is 4. The van der Waals surface area contributed by atoms with Gasteiger partial charge in [-0.2, -0.15) is 0 Å². The van der Waals surface area contributed by atoms with Crippen molar-refractivity contribution < 1.29 is 32.2 Å². The van der Waals surface area contributed by atoms with Gasteiger partial charge in [-0.25, -0.2) is 27.1 Å². The SMILES string of the molecule is NS(=O)(=O)c1ccc(NCC(O)C(F)F)c(C(=O)O)c1. The number of nitrogens with two attached hydrogens (primary N) is 1. The molecule has 0 aromatic heterocycles. The van der Waals surface area contributed by atoms with E-state index >= 15 is 0 Å². The molecule has 0 aliphatic rings. The van der Waals surface area contributed by atoms with Crippen LogP contribution in [0.1, 0.15) is 10.4 Å². The Hall–Kier alpha value is -1.78. The van der Waals surface area contributed by atoms with Gasteiger partial charge in [0.15, 0.2) is 0 Å². The molecule has 0 saturated heterocycles. The smallest absolute Gasteiger partial charge is 0.337 e. The number of primary sulfonamides is 1. The van der Waals surface area contributed by atoms with Crippen molar-refractivity contribution in [1.29, 1.82) is 0 Å². The standard InChI is InChI=1S/C10H12F2N2O5S/c11-9(12)8(15)4-14-7-2-1-5(20(13,18)19)3-6(7)10(16)17/h1-3,8-9,14-15H,4H2,(H,16,17)(H2,13,18,19). The average Bonchev–Trinajstić information content (AvgIpc) is 2.34. The molecule has 20 heavy (non-hydrogen) atoms. The van der Waals surface area contributed by atoms with Gasteiger partial charge in [0.25, 0.3) is 6.43 Å². The van der Waals surface area contributed by atoms with Crippen LogP contribution < -0.4 is 10.5 Å². The summed E-state index contributed by atoms with van der Waals surface area (Å²) < 4.78 is 46.4. The molecule has 0 aliphatic heterocycles. The molecule has 1 aromatic carbocycles. The van der Waals surface area contributed by atoms with Crippen LogP contribution in [0.4, 0.5) is 14.5 Å². The second kappa shape index (κ2) is 6.11. The van der Waals surface area contributed by atoms with E-state index in [-0.39, 0.29) is 5.69 Å². The summed E-state index contributed by atoms with van der Waals surface area (Å²) in [6.07, 6.45) is -4.96. The number of alkyl halides is 2. The Bertz CT molecular complexity index is 606. The lowest BCUT2D eigenvalue weighted by atomic mass is 10.1. The van der Waals surface area contributed by atoms with Crippen LogP contribution in [0.2, 0.25) is 0 Å². The Morgan fingerprint density at radius 3 is 2.45 bits per heavy atom. The number of carboxylic acid groups (broad SMARTS) is 1. The van der Waals surface area contributed by atoms with Gasteiger partial charge in [-0.15, -0.1) is 0 Å². The second-order valence-electron chi connectivity index (χ2n) is 3.84. The zero-order valence-corrected chi connectivity index (χ0v) is 10.8. The number of carboxylic acids is 1. The van der Waals surface area contributed by atoms with Crippen molar-refractivity contribution in [3.63, 3.8) is 0 Å². The van der Waals surface area contributed by atoms with Crippen molar-refractivity contribution in [1.82, 2.24) is 0 Å². The topological polar surface area (TPSA) is 130 Å². The summed E-state index contributed by atoms with van der Waals surface area (Å²) in [7, 11) is -4.08. The van der Waals surface area contributed by atoms with Gasteiger partial charge in [0.2, 0.25) is 10.0 Å². The number of sulfonamides is 1. The number of aliphatic hydroxyl groups excluding tert-OH is 1. The van der Waals surface area contributed by atoms with E-state index < -0.39 is 45.5 Å². The summed E-state index contributed by atoms with van der Waals surface area (Å²) in [5.41, 5.74) is -0.567. The molecule has 1 aromatic rings. The lowest BCUT2D eigenvalue weighted by molar-refractivity contribution is 0.00384. The molecule has 0 aliphatic carbocycles. The minimum absolute atomic E-state index is 0.107. The molecule has 0 heterocycles. The van der Waals surface area contributed by atoms with Crippen molar-refractivity contribution in [2.75, 3.05) is 11.9 Å². The summed E-state index contributed by atoms with van der Waals surface area (Å²) in [6.45, 7) is -0.591. The highest BCUT2D eigenvalue weighted by Gasteiger charge is 2.19. The predicted molar refractivity (Wildman–Crippen MR) is 65.3 cm³/mol. The van der Waals surface area contributed by atoms with Crippen molar-refractivity contribution in [3.8, 4) is 0 Å². The normalized spacial score (nSPS) is 13.2. The van der Waals surface area contributed by atoms with Crippen molar-refractivity contribution in [2.45, 2.75) is 17.4 Å². The van der Waals surface area contributed by atoms with Crippen LogP contribution in [0.25, 0.3) is 0 Å². The van der Waals surface area contributed by atoms with Gasteiger partial charge < -0.3 is 15.5 Å². The zero-order chi connectivity index (χ0) is 15.5. The first-order chi connectivity index (χ1) is 9.12. The van der Waals surface area contributed by atoms with Gasteiger partial charge in [0.1, 0.15) is 6.10 Å². The molecule has 0 radical (unpaired) electrons. The molecule has 0 saturated carbocycles. The number of benzene rings is 1. The molecule has 0 bridgehead atoms. The molecular weight excluding hydrogens is 298 g/mol. The Kier molecular flexibility index (Phi) is 4.98. The number of anilines is 1. The monoisotopic (exact) mass is 310 g/mol. The highest BCUT2D eigenvalue weighted by atomic mass is 32.2. The van der Waals surface area contributed by atoms with E-state index in [4.69, 9.17) is 15.4 Å². The average molecular weight is 310 g/mol. The van der Waals surface area contributed by atoms with Crippen LogP contribution in [0, 0.1) is 0 Å². The van der Waals surface area contributed by atoms with Crippen LogP contribution in [-0.2, 0) is 10.0 Å². The summed E-state index contributed by atoms with van der Waals surface area (Å²) in [6, 6.07) is 2.90. The van der Waals surface area contributed by atoms with E-state index in [9.17, 15) is 22.0 Å². The van der Waals surface area contributed by atoms with Crippen molar-refractivity contribution in [2.24, 2.45) is 5.14 Å². The van der Waals surface area contributed by atoms with E-state index in [1.165, 1.54) is 0 Å². The van der Waals surface area contributed by atoms with E-state index in [0.717, 1.165) is 18.2 Å². The van der Waals surface area contributed by atoms with Crippen LogP contribution >= 0.6 is 0 Å². The number of aliphatic hydroxyl groups is 1. The molecule has 7 nitrogen and oxygen atoms in total. The number of aromatic carboxylic acids is 1. The van der Waals surface area contributed by atoms with Gasteiger partial charge in [-0.3, -0.25) is 0 Å². The molecular formula is C10H12F2N2O5S. The quantitative estimate of drug-likeness (QED) is 0.588. The number of nitrogens with one attached hydrogen (secondary N) is 1. The van der Waals surface area contributed by atoms with Gasteiger partial charge in [-0.1, -0.05) is 0 Å². The van der Waals surface area contributed by atoms with Gasteiger partial charge in [0.05, 0.1) is 10.5 Å². The molecule has 1 rings (SSSR count). The fourth-order valence-corrected chi connectivity index (χ4v) is 1.87. The zero-order valence-electron chi connectivity index (χ0n) is 9.95. The molecule has 0 amide bonds. The third kappa shape index (κ3) is 4.11. The second-order valence-corrected chi connectivity index (χ2v) is 5.40. The number of halogens is 2. The minimum Gasteiger partial charge on any atom is -0.478 e. The number of carbonyl (C=O) groups is 1. The summed E-state index contributed by atoms with van der Waals surface area (Å²) in [5, 5.41) is 25.0. The summed E-state index contributed by atoms with van der Waals surface area (Å²) in [5.74, 6) is -1.47. The first-order valence-corrected chi connectivity index (χ1v) is 6.78. The van der Waals surface area contributed by atoms with Gasteiger partial charge >= 0.3 is 5.97 Å². The number of hydrogen-bond acceptors (Lipinski definition) is 5. The van der Waals surface area contributed by atoms with Crippen LogP contribution in [0.3, 0.4) is 0 Å². The fourth-order valence-electron chi connectivity index (χ4n) is 1.34. The highest BCUT2D eigenvalue weighted by Crippen LogP contribution is 2.20. The highest BCUT2D eigenvalue weighted by molar-refractivity contribution is 7.89. The Morgan fingerprint density at radius 1 is 1.40 bits per heavy atom. The summed E-state index contributed by atoms with van der Waals surface area (Å²) in [4.78, 5) is 10.6. The first kappa shape index (κ1) is 16.3. The molecule has 5 N–H and O–H groups in total. The van der Waals surface area contributed by atoms with Crippen molar-refractivity contribution in [3.05, 3.63) is 23.8 Å². The van der Waals surface area contributed by atoms with E-state index in [0.29, 0.717) is 0 Å². The third-order valence-corrected chi connectivity index (χ3v) is 3.25. The van der Waals surface area contributed by atoms with Crippen LogP contribution in [-0.4, -0.2) is 43.7 Å².